The van der Waals surface area contributed by atoms with Gasteiger partial charge in [0.25, 0.3) is 0 Å². The minimum Gasteiger partial charge on any atom is -0.392 e. The maximum atomic E-state index is 9.23. The Morgan fingerprint density at radius 2 is 1.18 bits per heavy atom. The van der Waals surface area contributed by atoms with E-state index in [1.807, 2.05) is 33.8 Å². The van der Waals surface area contributed by atoms with Crippen molar-refractivity contribution in [3.05, 3.63) is 166 Å². The number of hydrogen-bond acceptors (Lipinski definition) is 1. The van der Waals surface area contributed by atoms with Crippen LogP contribution in [0.2, 0.25) is 0 Å². The molecule has 0 saturated carbocycles. The summed E-state index contributed by atoms with van der Waals surface area (Å²) in [5, 5.41) is 0. The lowest BCUT2D eigenvalue weighted by Crippen LogP contribution is -2.78. The van der Waals surface area contributed by atoms with Crippen LogP contribution in [0.15, 0.2) is 128 Å². The topological polar surface area (TPSA) is 21.9 Å². The largest absolute Gasteiger partial charge is 0.499 e. The maximum Gasteiger partial charge on any atom is 0.499 e. The molecule has 0 saturated heterocycles. The number of fused-ring (bicyclic) bond motifs is 5. The van der Waals surface area contributed by atoms with E-state index in [2.05, 4.69) is 204 Å². The minimum atomic E-state index is -1.10. The first-order valence-electron chi connectivity index (χ1n) is 24.8. The SMILES string of the molecule is [2H]C(C)(C)c1cccc(C([2H])(C)C)c1-c1ccc(-n2c3[n+]4c5c(cccc52)-c2cc(C(C)(C)C)cc5c2C4(Oc2c-3cc(C(C)(C)C)cc2C(C)(C)C)[n+]2ccc(-c3ccc(C)cc3)cc2-5)cc1. The van der Waals surface area contributed by atoms with Crippen molar-refractivity contribution < 1.29 is 16.6 Å². The highest BCUT2D eigenvalue weighted by molar-refractivity contribution is 5.98. The first-order valence-corrected chi connectivity index (χ1v) is 23.8. The molecule has 5 heterocycles. The lowest BCUT2D eigenvalue weighted by molar-refractivity contribution is -0.997. The van der Waals surface area contributed by atoms with E-state index in [9.17, 15) is 2.74 Å². The maximum absolute atomic E-state index is 9.23. The van der Waals surface area contributed by atoms with E-state index >= 15 is 0 Å². The average Bonchev–Trinajstić information content (AvgIpc) is 3.76. The second-order valence-corrected chi connectivity index (χ2v) is 22.8. The second-order valence-electron chi connectivity index (χ2n) is 22.8. The molecule has 8 aromatic rings. The van der Waals surface area contributed by atoms with Gasteiger partial charge in [-0.1, -0.05) is 162 Å². The Kier molecular flexibility index (Phi) is 8.57. The van der Waals surface area contributed by atoms with Crippen LogP contribution in [0.1, 0.15) is 143 Å². The van der Waals surface area contributed by atoms with Crippen molar-refractivity contribution >= 4 is 11.0 Å². The van der Waals surface area contributed by atoms with Gasteiger partial charge in [-0.3, -0.25) is 0 Å². The van der Waals surface area contributed by atoms with Gasteiger partial charge in [-0.05, 0) is 122 Å². The van der Waals surface area contributed by atoms with Gasteiger partial charge in [-0.15, -0.1) is 9.13 Å². The minimum absolute atomic E-state index is 0.119. The Bertz CT molecular complexity index is 3400. The predicted molar refractivity (Wildman–Crippen MR) is 273 cm³/mol. The van der Waals surface area contributed by atoms with Crippen molar-refractivity contribution in [2.24, 2.45) is 0 Å². The summed E-state index contributed by atoms with van der Waals surface area (Å²) in [5.74, 6) is -0.852. The molecular formula is C62H65N3O+2. The van der Waals surface area contributed by atoms with E-state index in [4.69, 9.17) is 4.74 Å². The number of ether oxygens (including phenoxy) is 1. The van der Waals surface area contributed by atoms with Crippen molar-refractivity contribution in [1.82, 2.24) is 4.57 Å². The average molecular weight is 870 g/mol. The van der Waals surface area contributed by atoms with Crippen LogP contribution in [0.5, 0.6) is 5.75 Å². The highest BCUT2D eigenvalue weighted by Crippen LogP contribution is 2.56. The van der Waals surface area contributed by atoms with Crippen LogP contribution in [0.4, 0.5) is 0 Å². The number of imidazole rings is 1. The molecule has 4 nitrogen and oxygen atoms in total. The molecular weight excluding hydrogens is 803 g/mol. The molecule has 0 N–H and O–H groups in total. The zero-order chi connectivity index (χ0) is 48.4. The van der Waals surface area contributed by atoms with E-state index in [1.54, 1.807) is 0 Å². The molecule has 66 heavy (non-hydrogen) atoms. The van der Waals surface area contributed by atoms with Crippen molar-refractivity contribution in [3.8, 4) is 67.5 Å². The Balaban J connectivity index is 1.29. The first kappa shape index (κ1) is 40.1. The van der Waals surface area contributed by atoms with Crippen LogP contribution in [0, 0.1) is 6.92 Å². The van der Waals surface area contributed by atoms with Crippen LogP contribution < -0.4 is 13.9 Å². The molecule has 2 aromatic heterocycles. The summed E-state index contributed by atoms with van der Waals surface area (Å²) < 4.78 is 34.0. The van der Waals surface area contributed by atoms with Gasteiger partial charge in [-0.25, -0.2) is 0 Å². The van der Waals surface area contributed by atoms with Crippen molar-refractivity contribution in [1.29, 1.82) is 0 Å². The quantitative estimate of drug-likeness (QED) is 0.158. The molecule has 3 aliphatic heterocycles. The summed E-state index contributed by atoms with van der Waals surface area (Å²) in [6.07, 6.45) is 2.27. The van der Waals surface area contributed by atoms with Gasteiger partial charge >= 0.3 is 11.7 Å². The zero-order valence-electron chi connectivity index (χ0n) is 43.4. The molecule has 3 aliphatic rings. The molecule has 6 aromatic carbocycles. The summed E-state index contributed by atoms with van der Waals surface area (Å²) in [7, 11) is 0. The van der Waals surface area contributed by atoms with Gasteiger partial charge < -0.3 is 4.74 Å². The summed E-state index contributed by atoms with van der Waals surface area (Å²) in [4.78, 5) is 0. The smallest absolute Gasteiger partial charge is 0.392 e. The molecule has 0 fully saturated rings. The Morgan fingerprint density at radius 1 is 0.591 bits per heavy atom. The highest BCUT2D eigenvalue weighted by atomic mass is 16.5. The lowest BCUT2D eigenvalue weighted by atomic mass is 9.78. The standard InChI is InChI=1S/C62H65N3O/c1-36(2)45-17-15-18-46(37(3)4)54(45)40-25-27-44(28-26-40)64-52-20-16-19-47-48-32-42(59(6,7)8)33-49-53-31-41(39-23-21-38(5)22-24-39)29-30-63(53)62(55(48)49)65(56(47)52)58(64)50-34-43(60(9,10)11)35-51(57(50)66-62)61(12,13)14/h15-37H,1-14H3/q+2/i36D,37D. The molecule has 4 heteroatoms. The molecule has 1 spiro atoms. The number of nitrogens with zero attached hydrogens (tertiary/aromatic N) is 3. The molecule has 1 unspecified atom stereocenters. The third-order valence-corrected chi connectivity index (χ3v) is 14.6. The van der Waals surface area contributed by atoms with E-state index < -0.39 is 17.6 Å². The zero-order valence-corrected chi connectivity index (χ0v) is 41.4. The van der Waals surface area contributed by atoms with Crippen LogP contribution in [-0.2, 0) is 22.1 Å². The van der Waals surface area contributed by atoms with Gasteiger partial charge in [-0.2, -0.15) is 4.57 Å². The fourth-order valence-corrected chi connectivity index (χ4v) is 11.0. The van der Waals surface area contributed by atoms with E-state index in [1.165, 1.54) is 50.1 Å². The molecule has 0 radical (unpaired) electrons. The van der Waals surface area contributed by atoms with Gasteiger partial charge in [0.05, 0.1) is 5.56 Å². The van der Waals surface area contributed by atoms with Crippen LogP contribution in [-0.4, -0.2) is 4.57 Å². The number of rotatable bonds is 5. The van der Waals surface area contributed by atoms with Crippen molar-refractivity contribution in [3.63, 3.8) is 0 Å². The van der Waals surface area contributed by atoms with Gasteiger partial charge in [0.1, 0.15) is 16.8 Å². The fourth-order valence-electron chi connectivity index (χ4n) is 11.0. The van der Waals surface area contributed by atoms with Crippen LogP contribution >= 0.6 is 0 Å². The summed E-state index contributed by atoms with van der Waals surface area (Å²) in [6.45, 7) is 30.7. The van der Waals surface area contributed by atoms with E-state index in [0.29, 0.717) is 0 Å². The van der Waals surface area contributed by atoms with Gasteiger partial charge in [0, 0.05) is 31.6 Å². The second kappa shape index (κ2) is 14.1. The highest BCUT2D eigenvalue weighted by Gasteiger charge is 2.69. The first-order chi connectivity index (χ1) is 31.8. The molecule has 0 amide bonds. The monoisotopic (exact) mass is 870 g/mol. The van der Waals surface area contributed by atoms with Crippen LogP contribution in [0.3, 0.4) is 0 Å². The van der Waals surface area contributed by atoms with Crippen molar-refractivity contribution in [2.45, 2.75) is 131 Å². The molecule has 332 valence electrons. The van der Waals surface area contributed by atoms with Gasteiger partial charge in [0.2, 0.25) is 5.69 Å². The number of para-hydroxylation sites is 1. The number of benzene rings is 6. The number of aryl methyl sites for hydroxylation is 1. The Labute approximate surface area is 395 Å². The molecule has 11 rings (SSSR count). The fraction of sp³-hybridized carbons (Fsp3) is 0.323. The predicted octanol–water partition coefficient (Wildman–Crippen LogP) is 15.2. The Morgan fingerprint density at radius 3 is 1.80 bits per heavy atom. The Hall–Kier alpha value is -6.26. The van der Waals surface area contributed by atoms with Crippen molar-refractivity contribution in [2.75, 3.05) is 0 Å². The molecule has 0 aliphatic carbocycles. The number of pyridine rings is 1. The normalized spacial score (nSPS) is 16.6. The number of hydrogen-bond donors (Lipinski definition) is 0. The van der Waals surface area contributed by atoms with E-state index in [0.717, 1.165) is 67.4 Å². The van der Waals surface area contributed by atoms with Crippen LogP contribution in [0.25, 0.3) is 72.7 Å². The summed E-state index contributed by atoms with van der Waals surface area (Å²) in [6, 6.07) is 45.0. The third-order valence-electron chi connectivity index (χ3n) is 14.6. The molecule has 1 atom stereocenters. The number of aromatic nitrogens is 3. The molecule has 0 bridgehead atoms. The summed E-state index contributed by atoms with van der Waals surface area (Å²) in [5.41, 5.74) is 20.8. The van der Waals surface area contributed by atoms with Gasteiger partial charge in [0.15, 0.2) is 23.0 Å². The summed E-state index contributed by atoms with van der Waals surface area (Å²) >= 11 is 0. The lowest BCUT2D eigenvalue weighted by Gasteiger charge is -2.36. The third kappa shape index (κ3) is 6.02. The van der Waals surface area contributed by atoms with E-state index in [-0.39, 0.29) is 16.2 Å².